The molecule has 0 fully saturated rings. The Kier molecular flexibility index (Phi) is 3.42. The van der Waals surface area contributed by atoms with Gasteiger partial charge in [0, 0.05) is 18.4 Å². The monoisotopic (exact) mass is 209 g/mol. The van der Waals surface area contributed by atoms with Crippen LogP contribution in [0.5, 0.6) is 11.5 Å². The summed E-state index contributed by atoms with van der Waals surface area (Å²) in [6.07, 6.45) is 1.66. The Labute approximate surface area is 88.9 Å². The molecule has 2 rings (SSSR count). The molecule has 82 valence electrons. The summed E-state index contributed by atoms with van der Waals surface area (Å²) in [6, 6.07) is 5.89. The van der Waals surface area contributed by atoms with Crippen LogP contribution in [0.25, 0.3) is 0 Å². The van der Waals surface area contributed by atoms with Gasteiger partial charge in [0.15, 0.2) is 11.5 Å². The number of benzene rings is 1. The van der Waals surface area contributed by atoms with Crippen LogP contribution in [0.3, 0.4) is 0 Å². The van der Waals surface area contributed by atoms with Crippen molar-refractivity contribution >= 4 is 0 Å². The van der Waals surface area contributed by atoms with Gasteiger partial charge in [-0.1, -0.05) is 12.1 Å². The van der Waals surface area contributed by atoms with Gasteiger partial charge in [0.1, 0.15) is 0 Å². The molecule has 0 aliphatic carbocycles. The predicted octanol–water partition coefficient (Wildman–Crippen LogP) is 1.28. The minimum Gasteiger partial charge on any atom is -0.490 e. The molecular formula is C11H15NO3. The number of ether oxygens (including phenoxy) is 2. The fourth-order valence-electron chi connectivity index (χ4n) is 1.62. The average Bonchev–Trinajstić information content (AvgIpc) is 2.51. The topological polar surface area (TPSA) is 53.7 Å². The number of fused-ring (bicyclic) bond motifs is 1. The van der Waals surface area contributed by atoms with E-state index in [-0.39, 0.29) is 0 Å². The summed E-state index contributed by atoms with van der Waals surface area (Å²) in [7, 11) is 0. The van der Waals surface area contributed by atoms with Gasteiger partial charge in [-0.2, -0.15) is 0 Å². The third-order valence-electron chi connectivity index (χ3n) is 2.34. The first-order valence-corrected chi connectivity index (χ1v) is 5.11. The highest BCUT2D eigenvalue weighted by Gasteiger charge is 2.13. The van der Waals surface area contributed by atoms with Gasteiger partial charge in [-0.3, -0.25) is 0 Å². The Morgan fingerprint density at radius 1 is 1.27 bits per heavy atom. The van der Waals surface area contributed by atoms with E-state index in [0.29, 0.717) is 19.8 Å². The van der Waals surface area contributed by atoms with Crippen LogP contribution >= 0.6 is 0 Å². The number of hydrogen-bond acceptors (Lipinski definition) is 4. The van der Waals surface area contributed by atoms with E-state index in [1.54, 1.807) is 0 Å². The Bertz CT molecular complexity index is 328. The first-order valence-electron chi connectivity index (χ1n) is 5.11. The average molecular weight is 209 g/mol. The van der Waals surface area contributed by atoms with Gasteiger partial charge < -0.3 is 14.3 Å². The summed E-state index contributed by atoms with van der Waals surface area (Å²) in [5, 5.41) is 0. The molecule has 15 heavy (non-hydrogen) atoms. The largest absolute Gasteiger partial charge is 0.490 e. The van der Waals surface area contributed by atoms with Crippen molar-refractivity contribution in [2.24, 2.45) is 5.90 Å². The molecule has 0 radical (unpaired) electrons. The molecule has 4 nitrogen and oxygen atoms in total. The minimum absolute atomic E-state index is 0.486. The lowest BCUT2D eigenvalue weighted by atomic mass is 10.1. The van der Waals surface area contributed by atoms with E-state index in [1.165, 1.54) is 0 Å². The van der Waals surface area contributed by atoms with Gasteiger partial charge in [0.25, 0.3) is 0 Å². The third-order valence-corrected chi connectivity index (χ3v) is 2.34. The lowest BCUT2D eigenvalue weighted by Crippen LogP contribution is -2.05. The molecule has 1 aromatic carbocycles. The summed E-state index contributed by atoms with van der Waals surface area (Å²) in [4.78, 5) is 4.57. The van der Waals surface area contributed by atoms with Crippen molar-refractivity contribution in [3.8, 4) is 11.5 Å². The highest BCUT2D eigenvalue weighted by atomic mass is 16.6. The summed E-state index contributed by atoms with van der Waals surface area (Å²) >= 11 is 0. The highest BCUT2D eigenvalue weighted by Crippen LogP contribution is 2.33. The number of hydrogen-bond donors (Lipinski definition) is 1. The molecule has 0 atom stereocenters. The van der Waals surface area contributed by atoms with Gasteiger partial charge in [-0.15, -0.1) is 0 Å². The zero-order chi connectivity index (χ0) is 10.5. The van der Waals surface area contributed by atoms with Crippen LogP contribution in [-0.2, 0) is 11.3 Å². The van der Waals surface area contributed by atoms with Gasteiger partial charge in [-0.25, -0.2) is 5.90 Å². The Morgan fingerprint density at radius 2 is 2.13 bits per heavy atom. The molecule has 0 bridgehead atoms. The highest BCUT2D eigenvalue weighted by molar-refractivity contribution is 5.47. The van der Waals surface area contributed by atoms with Crippen molar-refractivity contribution in [1.82, 2.24) is 0 Å². The van der Waals surface area contributed by atoms with E-state index in [0.717, 1.165) is 29.9 Å². The second kappa shape index (κ2) is 5.00. The van der Waals surface area contributed by atoms with E-state index in [9.17, 15) is 0 Å². The fourth-order valence-corrected chi connectivity index (χ4v) is 1.62. The summed E-state index contributed by atoms with van der Waals surface area (Å²) in [6.45, 7) is 1.90. The molecular weight excluding hydrogens is 194 g/mol. The van der Waals surface area contributed by atoms with Gasteiger partial charge in [-0.05, 0) is 6.07 Å². The molecule has 1 aliphatic rings. The molecule has 0 amide bonds. The Hall–Kier alpha value is -1.26. The lowest BCUT2D eigenvalue weighted by molar-refractivity contribution is 0.140. The fraction of sp³-hybridized carbons (Fsp3) is 0.455. The molecule has 4 heteroatoms. The van der Waals surface area contributed by atoms with Crippen LogP contribution in [0.1, 0.15) is 12.0 Å². The normalized spacial score (nSPS) is 14.7. The Balaban J connectivity index is 2.22. The first-order chi connectivity index (χ1) is 7.42. The molecule has 0 unspecified atom stereocenters. The van der Waals surface area contributed by atoms with Gasteiger partial charge in [0.2, 0.25) is 0 Å². The summed E-state index contributed by atoms with van der Waals surface area (Å²) < 4.78 is 11.2. The van der Waals surface area contributed by atoms with Crippen LogP contribution in [0.15, 0.2) is 18.2 Å². The maximum absolute atomic E-state index is 5.66. The molecule has 0 spiro atoms. The molecule has 1 aromatic rings. The SMILES string of the molecule is NOCCc1cccc2c1OCCCO2. The predicted molar refractivity (Wildman–Crippen MR) is 55.9 cm³/mol. The third kappa shape index (κ3) is 2.40. The zero-order valence-electron chi connectivity index (χ0n) is 8.57. The second-order valence-electron chi connectivity index (χ2n) is 3.42. The van der Waals surface area contributed by atoms with Crippen molar-refractivity contribution < 1.29 is 14.3 Å². The van der Waals surface area contributed by atoms with Crippen LogP contribution < -0.4 is 15.4 Å². The van der Waals surface area contributed by atoms with E-state index in [2.05, 4.69) is 4.84 Å². The number of nitrogens with two attached hydrogens (primary N) is 1. The summed E-state index contributed by atoms with van der Waals surface area (Å²) in [5.74, 6) is 6.67. The molecule has 0 saturated carbocycles. The maximum Gasteiger partial charge on any atom is 0.164 e. The molecule has 2 N–H and O–H groups in total. The van der Waals surface area contributed by atoms with E-state index >= 15 is 0 Å². The molecule has 0 saturated heterocycles. The molecule has 1 aliphatic heterocycles. The van der Waals surface area contributed by atoms with Crippen molar-refractivity contribution in [2.45, 2.75) is 12.8 Å². The van der Waals surface area contributed by atoms with Gasteiger partial charge >= 0.3 is 0 Å². The van der Waals surface area contributed by atoms with Crippen molar-refractivity contribution in [3.63, 3.8) is 0 Å². The quantitative estimate of drug-likeness (QED) is 0.762. The van der Waals surface area contributed by atoms with Crippen LogP contribution in [0, 0.1) is 0 Å². The van der Waals surface area contributed by atoms with Crippen LogP contribution in [0.4, 0.5) is 0 Å². The van der Waals surface area contributed by atoms with E-state index < -0.39 is 0 Å². The molecule has 1 heterocycles. The lowest BCUT2D eigenvalue weighted by Gasteiger charge is -2.11. The number of rotatable bonds is 3. The van der Waals surface area contributed by atoms with E-state index in [1.807, 2.05) is 18.2 Å². The molecule has 0 aromatic heterocycles. The smallest absolute Gasteiger partial charge is 0.164 e. The van der Waals surface area contributed by atoms with E-state index in [4.69, 9.17) is 15.4 Å². The standard InChI is InChI=1S/C11H15NO3/c12-15-8-5-9-3-1-4-10-11(9)14-7-2-6-13-10/h1,3-4H,2,5-8,12H2. The maximum atomic E-state index is 5.66. The van der Waals surface area contributed by atoms with Crippen LogP contribution in [0.2, 0.25) is 0 Å². The second-order valence-corrected chi connectivity index (χ2v) is 3.42. The van der Waals surface area contributed by atoms with Crippen molar-refractivity contribution in [3.05, 3.63) is 23.8 Å². The van der Waals surface area contributed by atoms with Crippen LogP contribution in [-0.4, -0.2) is 19.8 Å². The minimum atomic E-state index is 0.486. The summed E-state index contributed by atoms with van der Waals surface area (Å²) in [5.41, 5.74) is 1.08. The first kappa shape index (κ1) is 10.3. The van der Waals surface area contributed by atoms with Gasteiger partial charge in [0.05, 0.1) is 19.8 Å². The van der Waals surface area contributed by atoms with Crippen molar-refractivity contribution in [1.29, 1.82) is 0 Å². The number of para-hydroxylation sites is 1. The zero-order valence-corrected chi connectivity index (χ0v) is 8.57. The van der Waals surface area contributed by atoms with Crippen molar-refractivity contribution in [2.75, 3.05) is 19.8 Å². The Morgan fingerprint density at radius 3 is 3.00 bits per heavy atom.